The lowest BCUT2D eigenvalue weighted by molar-refractivity contribution is -0.118. The van der Waals surface area contributed by atoms with E-state index in [1.807, 2.05) is 35.2 Å². The first-order chi connectivity index (χ1) is 11.1. The fourth-order valence-electron chi connectivity index (χ4n) is 2.43. The summed E-state index contributed by atoms with van der Waals surface area (Å²) in [6.45, 7) is 1.19. The maximum Gasteiger partial charge on any atom is 0.218 e. The molecule has 0 aliphatic heterocycles. The minimum absolute atomic E-state index is 0.191. The Balaban J connectivity index is 2.07. The first-order valence-corrected chi connectivity index (χ1v) is 7.53. The van der Waals surface area contributed by atoms with Crippen LogP contribution in [0.25, 0.3) is 0 Å². The van der Waals surface area contributed by atoms with Crippen molar-refractivity contribution in [2.24, 2.45) is 5.73 Å². The Morgan fingerprint density at radius 2 is 1.78 bits per heavy atom. The zero-order chi connectivity index (χ0) is 16.7. The maximum atomic E-state index is 13.8. The molecule has 3 N–H and O–H groups in total. The molecular weight excluding hydrogens is 295 g/mol. The van der Waals surface area contributed by atoms with Crippen molar-refractivity contribution >= 4 is 5.91 Å². The van der Waals surface area contributed by atoms with E-state index in [2.05, 4.69) is 0 Å². The van der Waals surface area contributed by atoms with Gasteiger partial charge in [0.05, 0.1) is 6.10 Å². The van der Waals surface area contributed by atoms with Gasteiger partial charge in [0.15, 0.2) is 0 Å². The Kier molecular flexibility index (Phi) is 6.26. The molecule has 1 amide bonds. The van der Waals surface area contributed by atoms with Gasteiger partial charge >= 0.3 is 0 Å². The molecule has 0 spiro atoms. The van der Waals surface area contributed by atoms with Crippen molar-refractivity contribution in [1.82, 2.24) is 4.90 Å². The van der Waals surface area contributed by atoms with Crippen LogP contribution in [0.2, 0.25) is 0 Å². The second kappa shape index (κ2) is 8.41. The molecule has 5 heteroatoms. The van der Waals surface area contributed by atoms with Crippen molar-refractivity contribution in [2.75, 3.05) is 13.1 Å². The monoisotopic (exact) mass is 316 g/mol. The van der Waals surface area contributed by atoms with E-state index in [1.165, 1.54) is 6.07 Å². The van der Waals surface area contributed by atoms with Crippen LogP contribution in [0.1, 0.15) is 23.7 Å². The number of nitrogens with two attached hydrogens (primary N) is 1. The molecule has 23 heavy (non-hydrogen) atoms. The van der Waals surface area contributed by atoms with Crippen molar-refractivity contribution in [2.45, 2.75) is 19.1 Å². The number of aliphatic hydroxyl groups is 1. The van der Waals surface area contributed by atoms with Crippen LogP contribution in [-0.2, 0) is 11.3 Å². The summed E-state index contributed by atoms with van der Waals surface area (Å²) in [5.41, 5.74) is 6.52. The van der Waals surface area contributed by atoms with Crippen molar-refractivity contribution in [3.8, 4) is 0 Å². The van der Waals surface area contributed by atoms with E-state index in [0.717, 1.165) is 5.56 Å². The van der Waals surface area contributed by atoms with Crippen LogP contribution in [0, 0.1) is 5.82 Å². The van der Waals surface area contributed by atoms with E-state index < -0.39 is 17.8 Å². The average molecular weight is 316 g/mol. The molecule has 2 rings (SSSR count). The molecule has 122 valence electrons. The van der Waals surface area contributed by atoms with Gasteiger partial charge in [0, 0.05) is 31.6 Å². The quantitative estimate of drug-likeness (QED) is 0.785. The van der Waals surface area contributed by atoms with Gasteiger partial charge in [-0.15, -0.1) is 0 Å². The molecule has 0 saturated heterocycles. The summed E-state index contributed by atoms with van der Waals surface area (Å²) < 4.78 is 13.8. The molecule has 0 saturated carbocycles. The van der Waals surface area contributed by atoms with Crippen LogP contribution >= 0.6 is 0 Å². The Hall–Kier alpha value is -2.24. The molecule has 1 unspecified atom stereocenters. The van der Waals surface area contributed by atoms with Gasteiger partial charge in [-0.2, -0.15) is 0 Å². The second-order valence-electron chi connectivity index (χ2n) is 5.47. The number of carbonyl (C=O) groups is 1. The molecule has 2 aromatic carbocycles. The standard InChI is InChI=1S/C18H21FN2O2/c19-16-9-5-4-8-15(16)17(22)13-21(11-10-18(20)23)12-14-6-2-1-3-7-14/h1-9,17,22H,10-13H2,(H2,20,23). The summed E-state index contributed by atoms with van der Waals surface area (Å²) in [6.07, 6.45) is -0.774. The minimum Gasteiger partial charge on any atom is -0.387 e. The number of hydrogen-bond donors (Lipinski definition) is 2. The number of carbonyl (C=O) groups excluding carboxylic acids is 1. The number of benzene rings is 2. The summed E-state index contributed by atoms with van der Waals surface area (Å²) in [4.78, 5) is 12.9. The highest BCUT2D eigenvalue weighted by atomic mass is 19.1. The zero-order valence-electron chi connectivity index (χ0n) is 12.9. The third-order valence-corrected chi connectivity index (χ3v) is 3.62. The molecular formula is C18H21FN2O2. The highest BCUT2D eigenvalue weighted by Gasteiger charge is 2.17. The van der Waals surface area contributed by atoms with Crippen molar-refractivity contribution < 1.29 is 14.3 Å². The first kappa shape index (κ1) is 17.1. The summed E-state index contributed by atoms with van der Waals surface area (Å²) in [6, 6.07) is 15.9. The Labute approximate surface area is 135 Å². The van der Waals surface area contributed by atoms with Crippen LogP contribution in [0.3, 0.4) is 0 Å². The summed E-state index contributed by atoms with van der Waals surface area (Å²) in [7, 11) is 0. The van der Waals surface area contributed by atoms with Gasteiger partial charge in [0.25, 0.3) is 0 Å². The molecule has 1 atom stereocenters. The highest BCUT2D eigenvalue weighted by Crippen LogP contribution is 2.19. The van der Waals surface area contributed by atoms with Crippen LogP contribution in [0.5, 0.6) is 0 Å². The smallest absolute Gasteiger partial charge is 0.218 e. The third-order valence-electron chi connectivity index (χ3n) is 3.62. The molecule has 0 aliphatic rings. The molecule has 0 radical (unpaired) electrons. The molecule has 0 heterocycles. The van der Waals surface area contributed by atoms with E-state index in [4.69, 9.17) is 5.73 Å². The average Bonchev–Trinajstić information content (AvgIpc) is 2.54. The highest BCUT2D eigenvalue weighted by molar-refractivity contribution is 5.73. The normalized spacial score (nSPS) is 12.3. The molecule has 2 aromatic rings. The van der Waals surface area contributed by atoms with Crippen LogP contribution in [0.15, 0.2) is 54.6 Å². The molecule has 0 fully saturated rings. The van der Waals surface area contributed by atoms with E-state index in [9.17, 15) is 14.3 Å². The number of rotatable bonds is 8. The maximum absolute atomic E-state index is 13.8. The lowest BCUT2D eigenvalue weighted by Gasteiger charge is -2.25. The Bertz CT molecular complexity index is 634. The van der Waals surface area contributed by atoms with E-state index in [-0.39, 0.29) is 18.5 Å². The Morgan fingerprint density at radius 1 is 1.13 bits per heavy atom. The molecule has 0 aromatic heterocycles. The van der Waals surface area contributed by atoms with Crippen molar-refractivity contribution in [1.29, 1.82) is 0 Å². The first-order valence-electron chi connectivity index (χ1n) is 7.53. The van der Waals surface area contributed by atoms with Crippen LogP contribution < -0.4 is 5.73 Å². The predicted octanol–water partition coefficient (Wildman–Crippen LogP) is 2.24. The SMILES string of the molecule is NC(=O)CCN(Cc1ccccc1)CC(O)c1ccccc1F. The van der Waals surface area contributed by atoms with Gasteiger partial charge < -0.3 is 10.8 Å². The number of aliphatic hydroxyl groups excluding tert-OH is 1. The lowest BCUT2D eigenvalue weighted by Crippen LogP contribution is -2.32. The summed E-state index contributed by atoms with van der Waals surface area (Å²) in [5, 5.41) is 10.3. The molecule has 4 nitrogen and oxygen atoms in total. The van der Waals surface area contributed by atoms with Gasteiger partial charge in [-0.05, 0) is 11.6 Å². The lowest BCUT2D eigenvalue weighted by atomic mass is 10.1. The largest absolute Gasteiger partial charge is 0.387 e. The second-order valence-corrected chi connectivity index (χ2v) is 5.47. The van der Waals surface area contributed by atoms with Gasteiger partial charge in [-0.3, -0.25) is 9.69 Å². The van der Waals surface area contributed by atoms with Gasteiger partial charge in [0.1, 0.15) is 5.82 Å². The Morgan fingerprint density at radius 3 is 2.43 bits per heavy atom. The van der Waals surface area contributed by atoms with E-state index in [1.54, 1.807) is 18.2 Å². The number of halogens is 1. The van der Waals surface area contributed by atoms with Gasteiger partial charge in [-0.1, -0.05) is 48.5 Å². The fraction of sp³-hybridized carbons (Fsp3) is 0.278. The van der Waals surface area contributed by atoms with E-state index >= 15 is 0 Å². The predicted molar refractivity (Wildman–Crippen MR) is 86.9 cm³/mol. The number of primary amides is 1. The third kappa shape index (κ3) is 5.47. The van der Waals surface area contributed by atoms with Crippen molar-refractivity contribution in [3.63, 3.8) is 0 Å². The van der Waals surface area contributed by atoms with Gasteiger partial charge in [0.2, 0.25) is 5.91 Å². The number of amides is 1. The molecule has 0 aliphatic carbocycles. The number of nitrogens with zero attached hydrogens (tertiary/aromatic N) is 1. The summed E-state index contributed by atoms with van der Waals surface area (Å²) in [5.74, 6) is -0.835. The molecule has 0 bridgehead atoms. The van der Waals surface area contributed by atoms with Crippen molar-refractivity contribution in [3.05, 3.63) is 71.5 Å². The van der Waals surface area contributed by atoms with Gasteiger partial charge in [-0.25, -0.2) is 4.39 Å². The minimum atomic E-state index is -0.965. The number of hydrogen-bond acceptors (Lipinski definition) is 3. The van der Waals surface area contributed by atoms with Crippen LogP contribution in [0.4, 0.5) is 4.39 Å². The zero-order valence-corrected chi connectivity index (χ0v) is 12.9. The topological polar surface area (TPSA) is 66.6 Å². The van der Waals surface area contributed by atoms with E-state index in [0.29, 0.717) is 13.1 Å². The summed E-state index contributed by atoms with van der Waals surface area (Å²) >= 11 is 0. The van der Waals surface area contributed by atoms with Crippen LogP contribution in [-0.4, -0.2) is 29.0 Å². The fourth-order valence-corrected chi connectivity index (χ4v) is 2.43.